The fourth-order valence-electron chi connectivity index (χ4n) is 4.01. The number of fused-ring (bicyclic) bond motifs is 1. The van der Waals surface area contributed by atoms with Gasteiger partial charge in [0.1, 0.15) is 18.2 Å². The van der Waals surface area contributed by atoms with Crippen molar-refractivity contribution in [3.05, 3.63) is 42.9 Å². The minimum Gasteiger partial charge on any atom is -0.357 e. The van der Waals surface area contributed by atoms with Crippen LogP contribution in [0.25, 0.3) is 33.5 Å². The van der Waals surface area contributed by atoms with Gasteiger partial charge in [0.05, 0.1) is 35.8 Å². The molecule has 0 bridgehead atoms. The summed E-state index contributed by atoms with van der Waals surface area (Å²) in [7, 11) is 0. The van der Waals surface area contributed by atoms with Gasteiger partial charge in [-0.25, -0.2) is 9.37 Å². The molecule has 5 rings (SSSR count). The molecule has 4 aromatic heterocycles. The first-order valence-corrected chi connectivity index (χ1v) is 10.5. The highest BCUT2D eigenvalue weighted by Gasteiger charge is 2.15. The average Bonchev–Trinajstić information content (AvgIpc) is 3.32. The smallest absolute Gasteiger partial charge is 0.129 e. The highest BCUT2D eigenvalue weighted by Crippen LogP contribution is 2.29. The van der Waals surface area contributed by atoms with Gasteiger partial charge in [-0.05, 0) is 31.0 Å². The number of anilines is 1. The normalized spacial score (nSPS) is 14.9. The number of nitrogens with one attached hydrogen (secondary N) is 1. The predicted molar refractivity (Wildman–Crippen MR) is 115 cm³/mol. The van der Waals surface area contributed by atoms with Crippen molar-refractivity contribution in [1.29, 1.82) is 0 Å². The Labute approximate surface area is 174 Å². The molecule has 0 spiro atoms. The number of aryl methyl sites for hydroxylation is 1. The zero-order chi connectivity index (χ0) is 20.3. The second-order valence-corrected chi connectivity index (χ2v) is 7.65. The second-order valence-electron chi connectivity index (χ2n) is 7.65. The van der Waals surface area contributed by atoms with Crippen molar-refractivity contribution in [1.82, 2.24) is 29.9 Å². The van der Waals surface area contributed by atoms with Gasteiger partial charge < -0.3 is 4.90 Å². The number of alkyl halides is 1. The Morgan fingerprint density at radius 2 is 1.90 bits per heavy atom. The SMILES string of the molecule is FCCn1cc(-c2cc3c(-c4cccc(N5CCCCCC5)n4)n[nH]c3cn2)cn1. The Balaban J connectivity index is 1.50. The summed E-state index contributed by atoms with van der Waals surface area (Å²) >= 11 is 0. The Hall–Kier alpha value is -3.29. The lowest BCUT2D eigenvalue weighted by atomic mass is 10.1. The molecule has 0 atom stereocenters. The van der Waals surface area contributed by atoms with Gasteiger partial charge in [0.25, 0.3) is 0 Å². The molecule has 5 heterocycles. The number of aromatic nitrogens is 6. The molecule has 1 N–H and O–H groups in total. The van der Waals surface area contributed by atoms with Gasteiger partial charge in [-0.15, -0.1) is 0 Å². The lowest BCUT2D eigenvalue weighted by Crippen LogP contribution is -2.24. The summed E-state index contributed by atoms with van der Waals surface area (Å²) in [5.74, 6) is 1.01. The van der Waals surface area contributed by atoms with Crippen molar-refractivity contribution in [2.45, 2.75) is 32.2 Å². The standard InChI is InChI=1S/C22H24FN7/c23-8-11-30-15-16(13-25-30)19-12-17-20(14-24-19)27-28-22(17)18-6-5-7-21(26-18)29-9-3-1-2-4-10-29/h5-7,12-15H,1-4,8-11H2,(H,27,28). The molecule has 0 saturated carbocycles. The largest absolute Gasteiger partial charge is 0.357 e. The number of rotatable bonds is 5. The van der Waals surface area contributed by atoms with Crippen molar-refractivity contribution in [2.24, 2.45) is 0 Å². The molecule has 1 fully saturated rings. The maximum Gasteiger partial charge on any atom is 0.129 e. The maximum atomic E-state index is 12.6. The van der Waals surface area contributed by atoms with Crippen LogP contribution in [0.4, 0.5) is 10.2 Å². The average molecular weight is 405 g/mol. The van der Waals surface area contributed by atoms with Crippen LogP contribution in [-0.2, 0) is 6.54 Å². The van der Waals surface area contributed by atoms with E-state index in [4.69, 9.17) is 4.98 Å². The van der Waals surface area contributed by atoms with Gasteiger partial charge in [0.2, 0.25) is 0 Å². The molecule has 0 aliphatic carbocycles. The monoisotopic (exact) mass is 405 g/mol. The number of aromatic amines is 1. The first-order valence-electron chi connectivity index (χ1n) is 10.5. The molecule has 4 aromatic rings. The Morgan fingerprint density at radius 1 is 1.03 bits per heavy atom. The van der Waals surface area contributed by atoms with Crippen LogP contribution in [0.3, 0.4) is 0 Å². The van der Waals surface area contributed by atoms with E-state index in [2.05, 4.69) is 31.2 Å². The van der Waals surface area contributed by atoms with E-state index in [9.17, 15) is 4.39 Å². The number of nitrogens with zero attached hydrogens (tertiary/aromatic N) is 6. The van der Waals surface area contributed by atoms with Gasteiger partial charge in [0, 0.05) is 30.2 Å². The summed E-state index contributed by atoms with van der Waals surface area (Å²) in [4.78, 5) is 11.8. The fraction of sp³-hybridized carbons (Fsp3) is 0.364. The van der Waals surface area contributed by atoms with Crippen LogP contribution in [0.5, 0.6) is 0 Å². The molecule has 0 amide bonds. The minimum absolute atomic E-state index is 0.242. The molecule has 30 heavy (non-hydrogen) atoms. The fourth-order valence-corrected chi connectivity index (χ4v) is 4.01. The molecular weight excluding hydrogens is 381 g/mol. The van der Waals surface area contributed by atoms with Crippen LogP contribution >= 0.6 is 0 Å². The number of pyridine rings is 2. The molecule has 7 nitrogen and oxygen atoms in total. The molecule has 1 saturated heterocycles. The molecule has 0 unspecified atom stereocenters. The Morgan fingerprint density at radius 3 is 2.73 bits per heavy atom. The molecule has 0 radical (unpaired) electrons. The summed E-state index contributed by atoms with van der Waals surface area (Å²) in [5, 5.41) is 12.7. The molecule has 154 valence electrons. The van der Waals surface area contributed by atoms with Gasteiger partial charge in [-0.3, -0.25) is 14.8 Å². The van der Waals surface area contributed by atoms with Crippen molar-refractivity contribution < 1.29 is 4.39 Å². The zero-order valence-corrected chi connectivity index (χ0v) is 16.8. The molecule has 1 aliphatic rings. The van der Waals surface area contributed by atoms with Crippen LogP contribution in [0, 0.1) is 0 Å². The van der Waals surface area contributed by atoms with Crippen molar-refractivity contribution in [3.8, 4) is 22.6 Å². The van der Waals surface area contributed by atoms with Crippen LogP contribution in [-0.4, -0.2) is 49.7 Å². The predicted octanol–water partition coefficient (Wildman–Crippen LogP) is 4.23. The quantitative estimate of drug-likeness (QED) is 0.538. The van der Waals surface area contributed by atoms with Crippen molar-refractivity contribution >= 4 is 16.7 Å². The summed E-state index contributed by atoms with van der Waals surface area (Å²) < 4.78 is 14.2. The Bertz CT molecular complexity index is 1140. The lowest BCUT2D eigenvalue weighted by molar-refractivity contribution is 0.427. The number of H-pyrrole nitrogens is 1. The van der Waals surface area contributed by atoms with Crippen LogP contribution in [0.1, 0.15) is 25.7 Å². The van der Waals surface area contributed by atoms with Gasteiger partial charge in [0.15, 0.2) is 0 Å². The highest BCUT2D eigenvalue weighted by atomic mass is 19.1. The number of halogens is 1. The third-order valence-electron chi connectivity index (χ3n) is 5.60. The van der Waals surface area contributed by atoms with Gasteiger partial charge in [-0.1, -0.05) is 18.9 Å². The first kappa shape index (κ1) is 18.7. The topological polar surface area (TPSA) is 75.5 Å². The number of hydrogen-bond donors (Lipinski definition) is 1. The zero-order valence-electron chi connectivity index (χ0n) is 16.8. The van der Waals surface area contributed by atoms with E-state index in [1.165, 1.54) is 25.7 Å². The minimum atomic E-state index is -0.446. The second kappa shape index (κ2) is 8.22. The number of hydrogen-bond acceptors (Lipinski definition) is 5. The molecule has 0 aromatic carbocycles. The van der Waals surface area contributed by atoms with Crippen molar-refractivity contribution in [2.75, 3.05) is 24.7 Å². The summed E-state index contributed by atoms with van der Waals surface area (Å²) in [6.45, 7) is 1.90. The third-order valence-corrected chi connectivity index (χ3v) is 5.60. The summed E-state index contributed by atoms with van der Waals surface area (Å²) in [6, 6.07) is 8.11. The Kier molecular flexibility index (Phi) is 5.13. The van der Waals surface area contributed by atoms with E-state index < -0.39 is 6.67 Å². The maximum absolute atomic E-state index is 12.6. The van der Waals surface area contributed by atoms with Crippen LogP contribution in [0.15, 0.2) is 42.9 Å². The van der Waals surface area contributed by atoms with E-state index in [0.29, 0.717) is 0 Å². The van der Waals surface area contributed by atoms with Crippen LogP contribution < -0.4 is 4.90 Å². The molecule has 1 aliphatic heterocycles. The highest BCUT2D eigenvalue weighted by molar-refractivity contribution is 5.93. The third kappa shape index (κ3) is 3.65. The summed E-state index contributed by atoms with van der Waals surface area (Å²) in [5.41, 5.74) is 4.13. The lowest BCUT2D eigenvalue weighted by Gasteiger charge is -2.21. The van der Waals surface area contributed by atoms with E-state index in [-0.39, 0.29) is 6.54 Å². The molecular formula is C22H24FN7. The van der Waals surface area contributed by atoms with E-state index in [1.807, 2.05) is 24.4 Å². The van der Waals surface area contributed by atoms with E-state index in [0.717, 1.165) is 52.5 Å². The molecule has 8 heteroatoms. The van der Waals surface area contributed by atoms with Crippen LogP contribution in [0.2, 0.25) is 0 Å². The van der Waals surface area contributed by atoms with Crippen molar-refractivity contribution in [3.63, 3.8) is 0 Å². The van der Waals surface area contributed by atoms with Gasteiger partial charge >= 0.3 is 0 Å². The van der Waals surface area contributed by atoms with E-state index in [1.54, 1.807) is 17.1 Å². The first-order chi connectivity index (χ1) is 14.8. The van der Waals surface area contributed by atoms with Gasteiger partial charge in [-0.2, -0.15) is 10.2 Å². The van der Waals surface area contributed by atoms with E-state index >= 15 is 0 Å². The summed E-state index contributed by atoms with van der Waals surface area (Å²) in [6.07, 6.45) is 10.3.